The number of rotatable bonds is 7. The minimum absolute atomic E-state index is 0.163. The van der Waals surface area contributed by atoms with Gasteiger partial charge < -0.3 is 18.8 Å². The summed E-state index contributed by atoms with van der Waals surface area (Å²) in [5.41, 5.74) is 1.67. The highest BCUT2D eigenvalue weighted by atomic mass is 35.5. The van der Waals surface area contributed by atoms with Gasteiger partial charge in [-0.3, -0.25) is 0 Å². The molecule has 190 valence electrons. The monoisotopic (exact) mass is 515 g/mol. The van der Waals surface area contributed by atoms with E-state index in [4.69, 9.17) is 20.9 Å². The Kier molecular flexibility index (Phi) is 6.31. The van der Waals surface area contributed by atoms with Gasteiger partial charge in [0.25, 0.3) is 0 Å². The Morgan fingerprint density at radius 3 is 2.24 bits per heavy atom. The number of hydrogen-bond donors (Lipinski definition) is 1. The number of aliphatic hydroxyl groups is 1. The van der Waals surface area contributed by atoms with Gasteiger partial charge in [0.05, 0.1) is 13.1 Å². The highest BCUT2D eigenvalue weighted by Gasteiger charge is 2.48. The predicted molar refractivity (Wildman–Crippen MR) is 143 cm³/mol. The van der Waals surface area contributed by atoms with E-state index in [0.29, 0.717) is 11.6 Å². The van der Waals surface area contributed by atoms with Crippen LogP contribution in [0.4, 0.5) is 0 Å². The van der Waals surface area contributed by atoms with E-state index in [0.717, 1.165) is 76.7 Å². The fourth-order valence-electron chi connectivity index (χ4n) is 6.15. The molecule has 1 aromatic heterocycles. The maximum Gasteiger partial charge on any atom is 0.191 e. The molecule has 1 atom stereocenters. The van der Waals surface area contributed by atoms with Crippen molar-refractivity contribution in [3.05, 3.63) is 118 Å². The Morgan fingerprint density at radius 1 is 0.973 bits per heavy atom. The minimum atomic E-state index is -1.39. The molecule has 3 aliphatic rings. The van der Waals surface area contributed by atoms with Crippen molar-refractivity contribution in [2.75, 3.05) is 19.6 Å². The second-order valence-corrected chi connectivity index (χ2v) is 11.1. The first kappa shape index (κ1) is 24.2. The van der Waals surface area contributed by atoms with Crippen molar-refractivity contribution < 1.29 is 18.8 Å². The molecule has 37 heavy (non-hydrogen) atoms. The molecule has 0 amide bonds. The van der Waals surface area contributed by atoms with Crippen molar-refractivity contribution >= 4 is 11.6 Å². The number of ether oxygens (including phenoxy) is 1. The average Bonchev–Trinajstić information content (AvgIpc) is 3.40. The van der Waals surface area contributed by atoms with Crippen molar-refractivity contribution in [1.29, 1.82) is 0 Å². The summed E-state index contributed by atoms with van der Waals surface area (Å²) >= 11 is 6.22. The molecule has 3 aromatic carbocycles. The molecule has 3 aliphatic heterocycles. The van der Waals surface area contributed by atoms with Crippen LogP contribution in [0.25, 0.3) is 0 Å². The Balaban J connectivity index is 1.25. The SMILES string of the molecule is Cc1cc(O[C@H]2C[N+]3(Cc4cc(C(O)(c5ccccc5)c5ccccc5)no4)CCC2CC3)ccc1Cl. The van der Waals surface area contributed by atoms with Crippen molar-refractivity contribution in [2.24, 2.45) is 5.92 Å². The molecule has 0 unspecified atom stereocenters. The van der Waals surface area contributed by atoms with Gasteiger partial charge in [0.1, 0.15) is 24.5 Å². The Bertz CT molecular complexity index is 1320. The number of hydrogen-bond acceptors (Lipinski definition) is 4. The molecule has 4 aromatic rings. The summed E-state index contributed by atoms with van der Waals surface area (Å²) in [6, 6.07) is 27.2. The van der Waals surface area contributed by atoms with Crippen LogP contribution in [0.3, 0.4) is 0 Å². The molecule has 0 aliphatic carbocycles. The van der Waals surface area contributed by atoms with Gasteiger partial charge in [-0.2, -0.15) is 0 Å². The summed E-state index contributed by atoms with van der Waals surface area (Å²) in [6.07, 6.45) is 2.43. The lowest BCUT2D eigenvalue weighted by Crippen LogP contribution is -2.64. The van der Waals surface area contributed by atoms with Crippen LogP contribution in [0.15, 0.2) is 89.5 Å². The van der Waals surface area contributed by atoms with Crippen molar-refractivity contribution in [1.82, 2.24) is 5.16 Å². The largest absolute Gasteiger partial charge is 0.484 e. The number of halogens is 1. The molecule has 2 bridgehead atoms. The lowest BCUT2D eigenvalue weighted by atomic mass is 9.82. The van der Waals surface area contributed by atoms with Gasteiger partial charge >= 0.3 is 0 Å². The Labute approximate surface area is 222 Å². The normalized spacial score (nSPS) is 23.2. The number of fused-ring (bicyclic) bond motifs is 3. The minimum Gasteiger partial charge on any atom is -0.484 e. The molecule has 6 heteroatoms. The molecule has 4 heterocycles. The third-order valence-electron chi connectivity index (χ3n) is 8.26. The van der Waals surface area contributed by atoms with Crippen molar-refractivity contribution in [3.8, 4) is 5.75 Å². The lowest BCUT2D eigenvalue weighted by molar-refractivity contribution is -0.959. The zero-order valence-corrected chi connectivity index (χ0v) is 21.8. The number of quaternary nitrogens is 1. The van der Waals surface area contributed by atoms with Gasteiger partial charge in [0.15, 0.2) is 17.5 Å². The van der Waals surface area contributed by atoms with Gasteiger partial charge in [-0.1, -0.05) is 77.4 Å². The summed E-state index contributed by atoms with van der Waals surface area (Å²) in [5, 5.41) is 17.2. The Hall–Kier alpha value is -3.12. The molecule has 5 nitrogen and oxygen atoms in total. The maximum atomic E-state index is 12.1. The number of benzene rings is 3. The van der Waals surface area contributed by atoms with E-state index in [1.165, 1.54) is 0 Å². The van der Waals surface area contributed by atoms with Crippen LogP contribution in [-0.4, -0.2) is 40.5 Å². The van der Waals surface area contributed by atoms with Crippen LogP contribution >= 0.6 is 11.6 Å². The van der Waals surface area contributed by atoms with E-state index >= 15 is 0 Å². The number of aromatic nitrogens is 1. The van der Waals surface area contributed by atoms with E-state index in [2.05, 4.69) is 5.16 Å². The summed E-state index contributed by atoms with van der Waals surface area (Å²) in [5.74, 6) is 2.25. The molecule has 0 spiro atoms. The summed E-state index contributed by atoms with van der Waals surface area (Å²) < 4.78 is 13.3. The first-order chi connectivity index (χ1) is 18.0. The summed E-state index contributed by atoms with van der Waals surface area (Å²) in [6.45, 7) is 5.87. The highest BCUT2D eigenvalue weighted by molar-refractivity contribution is 6.31. The fourth-order valence-corrected chi connectivity index (χ4v) is 6.27. The predicted octanol–water partition coefficient (Wildman–Crippen LogP) is 6.11. The molecule has 3 saturated heterocycles. The van der Waals surface area contributed by atoms with Gasteiger partial charge in [0.2, 0.25) is 0 Å². The number of nitrogens with zero attached hydrogens (tertiary/aromatic N) is 2. The summed E-state index contributed by atoms with van der Waals surface area (Å²) in [7, 11) is 0. The second-order valence-electron chi connectivity index (χ2n) is 10.7. The van der Waals surface area contributed by atoms with Crippen molar-refractivity contribution in [2.45, 2.75) is 38.0 Å². The second kappa shape index (κ2) is 9.64. The van der Waals surface area contributed by atoms with Gasteiger partial charge in [-0.05, 0) is 41.8 Å². The van der Waals surface area contributed by atoms with Crippen LogP contribution in [0.2, 0.25) is 5.02 Å². The first-order valence-electron chi connectivity index (χ1n) is 13.0. The molecular formula is C31H32ClN2O3+. The fraction of sp³-hybridized carbons (Fsp3) is 0.323. The first-order valence-corrected chi connectivity index (χ1v) is 13.4. The third-order valence-corrected chi connectivity index (χ3v) is 8.69. The molecule has 0 saturated carbocycles. The number of aryl methyl sites for hydroxylation is 1. The lowest BCUT2D eigenvalue weighted by Gasteiger charge is -2.51. The van der Waals surface area contributed by atoms with E-state index in [1.807, 2.05) is 91.9 Å². The molecule has 7 rings (SSSR count). The number of piperidine rings is 3. The molecule has 1 N–H and O–H groups in total. The Morgan fingerprint density at radius 2 is 1.62 bits per heavy atom. The zero-order chi connectivity index (χ0) is 25.5. The summed E-state index contributed by atoms with van der Waals surface area (Å²) in [4.78, 5) is 0. The van der Waals surface area contributed by atoms with E-state index in [1.54, 1.807) is 0 Å². The maximum absolute atomic E-state index is 12.1. The average molecular weight is 516 g/mol. The van der Waals surface area contributed by atoms with Gasteiger partial charge in [-0.15, -0.1) is 0 Å². The van der Waals surface area contributed by atoms with Crippen molar-refractivity contribution in [3.63, 3.8) is 0 Å². The quantitative estimate of drug-likeness (QED) is 0.302. The van der Waals surface area contributed by atoms with E-state index in [-0.39, 0.29) is 6.10 Å². The molecule has 3 fully saturated rings. The van der Waals surface area contributed by atoms with Crippen LogP contribution < -0.4 is 4.74 Å². The van der Waals surface area contributed by atoms with Crippen LogP contribution in [-0.2, 0) is 12.1 Å². The molecular weight excluding hydrogens is 484 g/mol. The topological polar surface area (TPSA) is 55.5 Å². The van der Waals surface area contributed by atoms with Crippen LogP contribution in [0.5, 0.6) is 5.75 Å². The smallest absolute Gasteiger partial charge is 0.191 e. The third kappa shape index (κ3) is 4.56. The highest BCUT2D eigenvalue weighted by Crippen LogP contribution is 2.40. The van der Waals surface area contributed by atoms with Gasteiger partial charge in [0, 0.05) is 29.8 Å². The standard InChI is InChI=1S/C31H32ClN2O3/c1-22-18-26(12-13-28(22)32)36-29-21-34(16-14-23(29)15-17-34)20-27-19-30(33-37-27)31(35,24-8-4-2-5-9-24)25-10-6-3-7-11-25/h2-13,18-19,23,29,35H,14-17,20-21H2,1H3/q+1/t23?,29-,34?/m0/s1. The van der Waals surface area contributed by atoms with E-state index < -0.39 is 5.60 Å². The van der Waals surface area contributed by atoms with Crippen LogP contribution in [0, 0.1) is 12.8 Å². The van der Waals surface area contributed by atoms with E-state index in [9.17, 15) is 5.11 Å². The molecule has 0 radical (unpaired) electrons. The zero-order valence-electron chi connectivity index (χ0n) is 21.0. The van der Waals surface area contributed by atoms with Crippen LogP contribution in [0.1, 0.15) is 41.0 Å². The van der Waals surface area contributed by atoms with Gasteiger partial charge in [-0.25, -0.2) is 0 Å².